The van der Waals surface area contributed by atoms with E-state index < -0.39 is 0 Å². The Bertz CT molecular complexity index is 529. The van der Waals surface area contributed by atoms with Gasteiger partial charge in [-0.3, -0.25) is 4.79 Å². The van der Waals surface area contributed by atoms with Gasteiger partial charge in [-0.1, -0.05) is 5.16 Å². The van der Waals surface area contributed by atoms with Crippen molar-refractivity contribution in [2.45, 2.75) is 44.2 Å². The van der Waals surface area contributed by atoms with Gasteiger partial charge in [0.05, 0.1) is 18.0 Å². The fourth-order valence-electron chi connectivity index (χ4n) is 2.88. The average molecular weight is 275 g/mol. The summed E-state index contributed by atoms with van der Waals surface area (Å²) < 4.78 is 5.14. The number of nitriles is 1. The van der Waals surface area contributed by atoms with Crippen LogP contribution in [0.3, 0.4) is 0 Å². The Morgan fingerprint density at radius 1 is 1.40 bits per heavy atom. The minimum Gasteiger partial charge on any atom is -0.345 e. The predicted molar refractivity (Wildman–Crippen MR) is 68.5 cm³/mol. The number of carbonyl (C=O) groups is 1. The second-order valence-electron chi connectivity index (χ2n) is 5.35. The van der Waals surface area contributed by atoms with Crippen LogP contribution in [0.4, 0.5) is 0 Å². The molecule has 0 aromatic carbocycles. The van der Waals surface area contributed by atoms with Crippen molar-refractivity contribution < 1.29 is 9.32 Å². The Morgan fingerprint density at radius 2 is 2.30 bits per heavy atom. The van der Waals surface area contributed by atoms with E-state index in [1.54, 1.807) is 0 Å². The Balaban J connectivity index is 1.64. The Labute approximate surface area is 116 Å². The molecule has 106 valence electrons. The van der Waals surface area contributed by atoms with Crippen molar-refractivity contribution in [3.63, 3.8) is 0 Å². The molecule has 1 aliphatic heterocycles. The van der Waals surface area contributed by atoms with Gasteiger partial charge in [-0.2, -0.15) is 10.2 Å². The summed E-state index contributed by atoms with van der Waals surface area (Å²) in [7, 11) is 0. The lowest BCUT2D eigenvalue weighted by Gasteiger charge is -2.13. The molecule has 1 aromatic rings. The van der Waals surface area contributed by atoms with Gasteiger partial charge in [-0.05, 0) is 38.6 Å². The summed E-state index contributed by atoms with van der Waals surface area (Å²) in [5.74, 6) is 0.0557. The Kier molecular flexibility index (Phi) is 3.65. The van der Waals surface area contributed by atoms with Crippen molar-refractivity contribution >= 4 is 5.91 Å². The third kappa shape index (κ3) is 2.51. The maximum absolute atomic E-state index is 12.1. The lowest BCUT2D eigenvalue weighted by molar-refractivity contribution is 0.0919. The second-order valence-corrected chi connectivity index (χ2v) is 5.35. The summed E-state index contributed by atoms with van der Waals surface area (Å²) in [6.45, 7) is 0.931. The van der Waals surface area contributed by atoms with Crippen molar-refractivity contribution in [2.24, 2.45) is 5.92 Å². The van der Waals surface area contributed by atoms with Gasteiger partial charge in [-0.15, -0.1) is 0 Å². The number of hydrogen-bond donors (Lipinski definition) is 2. The molecule has 1 aliphatic carbocycles. The average Bonchev–Trinajstić information content (AvgIpc) is 3.19. The maximum atomic E-state index is 12.1. The topological polar surface area (TPSA) is 104 Å². The minimum absolute atomic E-state index is 0.0530. The molecule has 7 nitrogen and oxygen atoms in total. The first-order chi connectivity index (χ1) is 9.78. The van der Waals surface area contributed by atoms with Crippen LogP contribution in [0.2, 0.25) is 0 Å². The van der Waals surface area contributed by atoms with Crippen LogP contribution in [0.15, 0.2) is 4.52 Å². The molecule has 3 unspecified atom stereocenters. The highest BCUT2D eigenvalue weighted by Gasteiger charge is 2.30. The summed E-state index contributed by atoms with van der Waals surface area (Å²) in [6.07, 6.45) is 4.65. The van der Waals surface area contributed by atoms with E-state index in [4.69, 9.17) is 9.78 Å². The molecule has 1 aromatic heterocycles. The van der Waals surface area contributed by atoms with E-state index in [2.05, 4.69) is 26.8 Å². The molecule has 3 rings (SSSR count). The smallest absolute Gasteiger partial charge is 0.292 e. The number of nitrogens with zero attached hydrogens (tertiary/aromatic N) is 3. The van der Waals surface area contributed by atoms with E-state index >= 15 is 0 Å². The number of rotatable bonds is 3. The first-order valence-electron chi connectivity index (χ1n) is 7.05. The van der Waals surface area contributed by atoms with Crippen LogP contribution in [0.5, 0.6) is 0 Å². The summed E-state index contributed by atoms with van der Waals surface area (Å²) in [6, 6.07) is 2.19. The van der Waals surface area contributed by atoms with Gasteiger partial charge in [0.1, 0.15) is 0 Å². The van der Waals surface area contributed by atoms with Crippen LogP contribution < -0.4 is 10.6 Å². The molecular weight excluding hydrogens is 258 g/mol. The van der Waals surface area contributed by atoms with Gasteiger partial charge in [-0.25, -0.2) is 0 Å². The zero-order valence-electron chi connectivity index (χ0n) is 11.1. The molecular formula is C13H17N5O2. The number of hydrogen-bond acceptors (Lipinski definition) is 6. The molecule has 3 atom stereocenters. The molecule has 1 saturated carbocycles. The third-order valence-electron chi connectivity index (χ3n) is 4.00. The molecule has 0 bridgehead atoms. The summed E-state index contributed by atoms with van der Waals surface area (Å²) in [5, 5.41) is 18.8. The van der Waals surface area contributed by atoms with Crippen molar-refractivity contribution in [3.05, 3.63) is 11.7 Å². The summed E-state index contributed by atoms with van der Waals surface area (Å²) in [5.41, 5.74) is 0. The van der Waals surface area contributed by atoms with Crippen molar-refractivity contribution in [3.8, 4) is 6.07 Å². The largest absolute Gasteiger partial charge is 0.345 e. The van der Waals surface area contributed by atoms with Crippen LogP contribution in [0.25, 0.3) is 0 Å². The Morgan fingerprint density at radius 3 is 3.05 bits per heavy atom. The first kappa shape index (κ1) is 13.1. The SMILES string of the molecule is N#CC1CCCC1NC(=O)c1noc(C2CCCN2)n1. The monoisotopic (exact) mass is 275 g/mol. The first-order valence-corrected chi connectivity index (χ1v) is 7.05. The highest BCUT2D eigenvalue weighted by atomic mass is 16.5. The molecule has 0 radical (unpaired) electrons. The highest BCUT2D eigenvalue weighted by molar-refractivity contribution is 5.90. The lowest BCUT2D eigenvalue weighted by Crippen LogP contribution is -2.37. The van der Waals surface area contributed by atoms with Crippen molar-refractivity contribution in [1.29, 1.82) is 5.26 Å². The van der Waals surface area contributed by atoms with Gasteiger partial charge in [0.25, 0.3) is 11.7 Å². The number of amides is 1. The van der Waals surface area contributed by atoms with E-state index in [1.807, 2.05) is 0 Å². The van der Waals surface area contributed by atoms with Gasteiger partial charge >= 0.3 is 0 Å². The van der Waals surface area contributed by atoms with Crippen LogP contribution in [-0.4, -0.2) is 28.6 Å². The van der Waals surface area contributed by atoms with Crippen LogP contribution >= 0.6 is 0 Å². The van der Waals surface area contributed by atoms with Crippen molar-refractivity contribution in [1.82, 2.24) is 20.8 Å². The summed E-state index contributed by atoms with van der Waals surface area (Å²) in [4.78, 5) is 16.2. The van der Waals surface area contributed by atoms with E-state index in [0.29, 0.717) is 5.89 Å². The minimum atomic E-state index is -0.356. The zero-order chi connectivity index (χ0) is 13.9. The molecule has 0 spiro atoms. The van der Waals surface area contributed by atoms with E-state index in [9.17, 15) is 4.79 Å². The molecule has 2 fully saturated rings. The number of carbonyl (C=O) groups excluding carboxylic acids is 1. The maximum Gasteiger partial charge on any atom is 0.292 e. The van der Waals surface area contributed by atoms with Gasteiger partial charge < -0.3 is 15.2 Å². The van der Waals surface area contributed by atoms with E-state index in [0.717, 1.165) is 38.6 Å². The van der Waals surface area contributed by atoms with Gasteiger partial charge in [0, 0.05) is 6.04 Å². The van der Waals surface area contributed by atoms with Crippen molar-refractivity contribution in [2.75, 3.05) is 6.54 Å². The van der Waals surface area contributed by atoms with E-state index in [-0.39, 0.29) is 29.7 Å². The number of aromatic nitrogens is 2. The lowest BCUT2D eigenvalue weighted by atomic mass is 10.1. The molecule has 20 heavy (non-hydrogen) atoms. The highest BCUT2D eigenvalue weighted by Crippen LogP contribution is 2.25. The standard InChI is InChI=1S/C13H17N5O2/c14-7-8-3-1-4-9(8)16-12(19)11-17-13(20-18-11)10-5-2-6-15-10/h8-10,15H,1-6H2,(H,16,19). The van der Waals surface area contributed by atoms with Crippen LogP contribution in [-0.2, 0) is 0 Å². The number of nitrogens with one attached hydrogen (secondary N) is 2. The van der Waals surface area contributed by atoms with Crippen LogP contribution in [0.1, 0.15) is 54.7 Å². The van der Waals surface area contributed by atoms with Gasteiger partial charge in [0.2, 0.25) is 5.89 Å². The zero-order valence-corrected chi connectivity index (χ0v) is 11.1. The van der Waals surface area contributed by atoms with Gasteiger partial charge in [0.15, 0.2) is 0 Å². The quantitative estimate of drug-likeness (QED) is 0.850. The fourth-order valence-corrected chi connectivity index (χ4v) is 2.88. The Hall–Kier alpha value is -1.94. The molecule has 2 N–H and O–H groups in total. The normalized spacial score (nSPS) is 29.2. The molecule has 2 heterocycles. The second kappa shape index (κ2) is 5.59. The summed E-state index contributed by atoms with van der Waals surface area (Å²) >= 11 is 0. The molecule has 1 saturated heterocycles. The third-order valence-corrected chi connectivity index (χ3v) is 4.00. The fraction of sp³-hybridized carbons (Fsp3) is 0.692. The molecule has 2 aliphatic rings. The predicted octanol–water partition coefficient (Wildman–Crippen LogP) is 0.916. The van der Waals surface area contributed by atoms with E-state index in [1.165, 1.54) is 0 Å². The molecule has 1 amide bonds. The van der Waals surface area contributed by atoms with Crippen LogP contribution in [0, 0.1) is 17.2 Å². The molecule has 7 heteroatoms.